The van der Waals surface area contributed by atoms with Crippen LogP contribution in [-0.2, 0) is 9.59 Å². The Morgan fingerprint density at radius 3 is 2.90 bits per heavy atom. The number of piperazine rings is 1. The molecule has 0 aromatic carbocycles. The maximum atomic E-state index is 12.3. The highest BCUT2D eigenvalue weighted by molar-refractivity contribution is 5.98. The molecule has 2 aliphatic rings. The molecule has 112 valence electrons. The molecule has 7 heteroatoms. The van der Waals surface area contributed by atoms with E-state index < -0.39 is 6.04 Å². The number of hydrogen-bond donors (Lipinski definition) is 3. The molecule has 2 aliphatic heterocycles. The van der Waals surface area contributed by atoms with E-state index in [9.17, 15) is 9.59 Å². The first-order valence-corrected chi connectivity index (χ1v) is 7.25. The lowest BCUT2D eigenvalue weighted by molar-refractivity contribution is -0.124. The number of nitrogens with one attached hydrogen (secondary N) is 3. The van der Waals surface area contributed by atoms with Crippen molar-refractivity contribution in [2.75, 3.05) is 36.4 Å². The molecular formula is C14H19N5O2. The molecule has 2 amide bonds. The smallest absolute Gasteiger partial charge is 0.243 e. The predicted molar refractivity (Wildman–Crippen MR) is 79.1 cm³/mol. The molecule has 1 atom stereocenters. The molecule has 3 heterocycles. The van der Waals surface area contributed by atoms with Crippen molar-refractivity contribution in [1.82, 2.24) is 15.6 Å². The number of aromatic nitrogens is 1. The van der Waals surface area contributed by atoms with E-state index >= 15 is 0 Å². The maximum absolute atomic E-state index is 12.3. The molecule has 0 radical (unpaired) electrons. The molecule has 0 saturated carbocycles. The summed E-state index contributed by atoms with van der Waals surface area (Å²) in [5.74, 6) is 0.588. The summed E-state index contributed by atoms with van der Waals surface area (Å²) in [4.78, 5) is 29.9. The third kappa shape index (κ3) is 3.13. The quantitative estimate of drug-likeness (QED) is 0.712. The van der Waals surface area contributed by atoms with E-state index in [2.05, 4.69) is 25.8 Å². The van der Waals surface area contributed by atoms with Gasteiger partial charge in [-0.1, -0.05) is 0 Å². The molecule has 3 N–H and O–H groups in total. The number of amides is 2. The second-order valence-electron chi connectivity index (χ2n) is 5.30. The molecule has 1 aromatic heterocycles. The summed E-state index contributed by atoms with van der Waals surface area (Å²) in [6, 6.07) is 3.26. The first-order valence-electron chi connectivity index (χ1n) is 7.25. The molecule has 2 fully saturated rings. The van der Waals surface area contributed by atoms with E-state index in [-0.39, 0.29) is 18.4 Å². The minimum Gasteiger partial charge on any atom is -0.355 e. The lowest BCUT2D eigenvalue weighted by Gasteiger charge is -2.25. The van der Waals surface area contributed by atoms with Gasteiger partial charge in [-0.3, -0.25) is 14.9 Å². The van der Waals surface area contributed by atoms with Gasteiger partial charge in [0.1, 0.15) is 6.04 Å². The van der Waals surface area contributed by atoms with Crippen LogP contribution in [0, 0.1) is 0 Å². The Kier molecular flexibility index (Phi) is 4.01. The fourth-order valence-electron chi connectivity index (χ4n) is 2.65. The van der Waals surface area contributed by atoms with Crippen molar-refractivity contribution >= 4 is 23.3 Å². The fraction of sp³-hybridized carbons (Fsp3) is 0.500. The minimum atomic E-state index is -0.408. The van der Waals surface area contributed by atoms with Crippen LogP contribution in [0.3, 0.4) is 0 Å². The van der Waals surface area contributed by atoms with Crippen LogP contribution in [0.5, 0.6) is 0 Å². The van der Waals surface area contributed by atoms with Gasteiger partial charge in [0.25, 0.3) is 0 Å². The van der Waals surface area contributed by atoms with E-state index in [1.807, 2.05) is 12.1 Å². The number of nitrogens with zero attached hydrogens (tertiary/aromatic N) is 2. The first kappa shape index (κ1) is 13.8. The van der Waals surface area contributed by atoms with Crippen LogP contribution in [0.2, 0.25) is 0 Å². The highest BCUT2D eigenvalue weighted by atomic mass is 16.2. The summed E-state index contributed by atoms with van der Waals surface area (Å²) in [5, 5.41) is 8.52. The Hall–Kier alpha value is -2.15. The van der Waals surface area contributed by atoms with Gasteiger partial charge < -0.3 is 15.5 Å². The van der Waals surface area contributed by atoms with Crippen molar-refractivity contribution in [2.45, 2.75) is 18.9 Å². The normalized spacial score (nSPS) is 22.0. The van der Waals surface area contributed by atoms with E-state index in [0.29, 0.717) is 6.54 Å². The molecule has 1 aromatic rings. The molecule has 3 rings (SSSR count). The summed E-state index contributed by atoms with van der Waals surface area (Å²) in [6.07, 6.45) is 4.04. The lowest BCUT2D eigenvalue weighted by Crippen LogP contribution is -2.56. The molecular weight excluding hydrogens is 270 g/mol. The zero-order valence-corrected chi connectivity index (χ0v) is 11.8. The maximum Gasteiger partial charge on any atom is 0.243 e. The zero-order chi connectivity index (χ0) is 14.7. The first-order chi connectivity index (χ1) is 10.2. The van der Waals surface area contributed by atoms with Crippen LogP contribution in [0.1, 0.15) is 12.8 Å². The van der Waals surface area contributed by atoms with Crippen molar-refractivity contribution in [1.29, 1.82) is 0 Å². The summed E-state index contributed by atoms with van der Waals surface area (Å²) in [7, 11) is 0. The molecule has 1 unspecified atom stereocenters. The van der Waals surface area contributed by atoms with Gasteiger partial charge in [-0.05, 0) is 25.0 Å². The fourth-order valence-corrected chi connectivity index (χ4v) is 2.65. The second kappa shape index (κ2) is 6.09. The van der Waals surface area contributed by atoms with Crippen LogP contribution in [0.15, 0.2) is 18.3 Å². The SMILES string of the molecule is O=C1CNC(C(=O)Nc2cccnc2N2CCCC2)CN1. The zero-order valence-electron chi connectivity index (χ0n) is 11.8. The highest BCUT2D eigenvalue weighted by Crippen LogP contribution is 2.26. The Labute approximate surface area is 123 Å². The number of pyridine rings is 1. The molecule has 2 saturated heterocycles. The Morgan fingerprint density at radius 2 is 2.19 bits per heavy atom. The van der Waals surface area contributed by atoms with E-state index in [1.54, 1.807) is 6.20 Å². The molecule has 0 aliphatic carbocycles. The molecule has 0 spiro atoms. The average Bonchev–Trinajstić information content (AvgIpc) is 3.02. The van der Waals surface area contributed by atoms with Crippen molar-refractivity contribution in [3.05, 3.63) is 18.3 Å². The standard InChI is InChI=1S/C14H19N5O2/c20-12-9-16-11(8-17-12)14(21)18-10-4-3-5-15-13(10)19-6-1-2-7-19/h3-5,11,16H,1-2,6-9H2,(H,17,20)(H,18,21). The van der Waals surface area contributed by atoms with Crippen LogP contribution in [0.25, 0.3) is 0 Å². The number of hydrogen-bond acceptors (Lipinski definition) is 5. The number of anilines is 2. The number of carbonyl (C=O) groups excluding carboxylic acids is 2. The Bertz CT molecular complexity index is 532. The third-order valence-electron chi connectivity index (χ3n) is 3.78. The van der Waals surface area contributed by atoms with Crippen molar-refractivity contribution in [3.63, 3.8) is 0 Å². The van der Waals surface area contributed by atoms with Gasteiger partial charge in [0.15, 0.2) is 5.82 Å². The van der Waals surface area contributed by atoms with Gasteiger partial charge in [0.05, 0.1) is 12.2 Å². The monoisotopic (exact) mass is 289 g/mol. The summed E-state index contributed by atoms with van der Waals surface area (Å²) in [6.45, 7) is 2.42. The van der Waals surface area contributed by atoms with Gasteiger partial charge in [-0.25, -0.2) is 4.98 Å². The molecule has 21 heavy (non-hydrogen) atoms. The lowest BCUT2D eigenvalue weighted by atomic mass is 10.2. The van der Waals surface area contributed by atoms with Crippen molar-refractivity contribution in [3.8, 4) is 0 Å². The largest absolute Gasteiger partial charge is 0.355 e. The van der Waals surface area contributed by atoms with Crippen LogP contribution in [-0.4, -0.2) is 49.0 Å². The number of carbonyl (C=O) groups is 2. The van der Waals surface area contributed by atoms with Gasteiger partial charge in [0, 0.05) is 25.8 Å². The minimum absolute atomic E-state index is 0.0850. The Balaban J connectivity index is 1.69. The van der Waals surface area contributed by atoms with Crippen LogP contribution in [0.4, 0.5) is 11.5 Å². The van der Waals surface area contributed by atoms with Gasteiger partial charge in [0.2, 0.25) is 11.8 Å². The van der Waals surface area contributed by atoms with Gasteiger partial charge in [-0.15, -0.1) is 0 Å². The van der Waals surface area contributed by atoms with Crippen LogP contribution >= 0.6 is 0 Å². The third-order valence-corrected chi connectivity index (χ3v) is 3.78. The summed E-state index contributed by atoms with van der Waals surface area (Å²) in [5.41, 5.74) is 0.725. The van der Waals surface area contributed by atoms with Crippen molar-refractivity contribution in [2.24, 2.45) is 0 Å². The molecule has 0 bridgehead atoms. The second-order valence-corrected chi connectivity index (χ2v) is 5.30. The van der Waals surface area contributed by atoms with E-state index in [0.717, 1.165) is 37.4 Å². The number of rotatable bonds is 3. The topological polar surface area (TPSA) is 86.4 Å². The van der Waals surface area contributed by atoms with Gasteiger partial charge >= 0.3 is 0 Å². The summed E-state index contributed by atoms with van der Waals surface area (Å²) < 4.78 is 0. The van der Waals surface area contributed by atoms with Crippen LogP contribution < -0.4 is 20.9 Å². The van der Waals surface area contributed by atoms with Crippen molar-refractivity contribution < 1.29 is 9.59 Å². The average molecular weight is 289 g/mol. The predicted octanol–water partition coefficient (Wildman–Crippen LogP) is -0.292. The van der Waals surface area contributed by atoms with Gasteiger partial charge in [-0.2, -0.15) is 0 Å². The van der Waals surface area contributed by atoms with E-state index in [1.165, 1.54) is 0 Å². The highest BCUT2D eigenvalue weighted by Gasteiger charge is 2.25. The Morgan fingerprint density at radius 1 is 1.38 bits per heavy atom. The molecule has 7 nitrogen and oxygen atoms in total. The summed E-state index contributed by atoms with van der Waals surface area (Å²) >= 11 is 0. The van der Waals surface area contributed by atoms with E-state index in [4.69, 9.17) is 0 Å².